The van der Waals surface area contributed by atoms with Crippen LogP contribution in [-0.2, 0) is 11.3 Å². The number of halogens is 1. The minimum atomic E-state index is -0.923. The number of hydrogen-bond acceptors (Lipinski definition) is 7. The van der Waals surface area contributed by atoms with Gasteiger partial charge in [0.2, 0.25) is 5.91 Å². The van der Waals surface area contributed by atoms with Gasteiger partial charge in [-0.3, -0.25) is 9.59 Å². The van der Waals surface area contributed by atoms with Crippen LogP contribution in [0, 0.1) is 10.1 Å². The maximum atomic E-state index is 12.3. The Hall–Kier alpha value is -2.34. The number of hydrogen-bond donors (Lipinski definition) is 2. The average molecular weight is 429 g/mol. The lowest BCUT2D eigenvalue weighted by Crippen LogP contribution is -2.49. The summed E-state index contributed by atoms with van der Waals surface area (Å²) in [4.78, 5) is 42.3. The highest BCUT2D eigenvalue weighted by atomic mass is 79.9. The van der Waals surface area contributed by atoms with Gasteiger partial charge in [-0.05, 0) is 33.7 Å². The van der Waals surface area contributed by atoms with E-state index in [1.54, 1.807) is 5.38 Å². The molecule has 25 heavy (non-hydrogen) atoms. The molecule has 10 nitrogen and oxygen atoms in total. The van der Waals surface area contributed by atoms with Gasteiger partial charge in [0.1, 0.15) is 23.6 Å². The number of amides is 2. The number of rotatable bonds is 7. The van der Waals surface area contributed by atoms with E-state index in [2.05, 4.69) is 36.5 Å². The smallest absolute Gasteiger partial charge is 0.390 e. The lowest BCUT2D eigenvalue weighted by Gasteiger charge is -2.16. The van der Waals surface area contributed by atoms with Gasteiger partial charge in [0.25, 0.3) is 5.91 Å². The Kier molecular flexibility index (Phi) is 4.81. The highest BCUT2D eigenvalue weighted by Gasteiger charge is 2.51. The largest absolute Gasteiger partial charge is 0.434 e. The van der Waals surface area contributed by atoms with Crippen LogP contribution in [0.25, 0.3) is 0 Å². The van der Waals surface area contributed by atoms with E-state index in [4.69, 9.17) is 0 Å². The van der Waals surface area contributed by atoms with Crippen molar-refractivity contribution < 1.29 is 14.5 Å². The molecule has 0 aromatic carbocycles. The predicted octanol–water partition coefficient (Wildman–Crippen LogP) is 1.09. The van der Waals surface area contributed by atoms with Crippen LogP contribution in [-0.4, -0.2) is 43.4 Å². The molecule has 1 aliphatic rings. The molecule has 0 bridgehead atoms. The summed E-state index contributed by atoms with van der Waals surface area (Å²) in [7, 11) is 0. The van der Waals surface area contributed by atoms with Crippen LogP contribution in [0.1, 0.15) is 23.3 Å². The van der Waals surface area contributed by atoms with Crippen molar-refractivity contribution in [2.45, 2.75) is 24.9 Å². The Bertz CT molecular complexity index is 830. The van der Waals surface area contributed by atoms with Crippen molar-refractivity contribution in [1.82, 2.24) is 25.2 Å². The number of aromatic nitrogens is 3. The lowest BCUT2D eigenvalue weighted by molar-refractivity contribution is -0.396. The second kappa shape index (κ2) is 6.88. The number of carbonyl (C=O) groups excluding carboxylic acids is 2. The monoisotopic (exact) mass is 428 g/mol. The number of imidazole rings is 1. The van der Waals surface area contributed by atoms with Crippen LogP contribution in [0.4, 0.5) is 5.95 Å². The van der Waals surface area contributed by atoms with Gasteiger partial charge in [-0.1, -0.05) is 4.98 Å². The zero-order valence-electron chi connectivity index (χ0n) is 12.8. The SMILES string of the molecule is O=C(NC1(C(=O)NCCn2ccnc2[N+](=O)[O-])CC1)c1csc(Br)n1. The zero-order chi connectivity index (χ0) is 18.0. The molecule has 2 N–H and O–H groups in total. The average Bonchev–Trinajstić information content (AvgIpc) is 2.98. The minimum absolute atomic E-state index is 0.190. The fourth-order valence-electron chi connectivity index (χ4n) is 2.28. The van der Waals surface area contributed by atoms with Crippen molar-refractivity contribution in [3.8, 4) is 0 Å². The fourth-order valence-corrected chi connectivity index (χ4v) is 3.27. The molecular formula is C13H13BrN6O4S. The van der Waals surface area contributed by atoms with E-state index in [0.717, 1.165) is 0 Å². The molecule has 0 atom stereocenters. The number of thiazole rings is 1. The normalized spacial score (nSPS) is 14.8. The highest BCUT2D eigenvalue weighted by molar-refractivity contribution is 9.11. The first-order chi connectivity index (χ1) is 11.9. The maximum absolute atomic E-state index is 12.3. The number of nitrogens with zero attached hydrogens (tertiary/aromatic N) is 4. The van der Waals surface area contributed by atoms with Gasteiger partial charge in [0.05, 0.1) is 6.54 Å². The molecule has 0 aliphatic heterocycles. The van der Waals surface area contributed by atoms with E-state index in [1.807, 2.05) is 0 Å². The van der Waals surface area contributed by atoms with E-state index >= 15 is 0 Å². The zero-order valence-corrected chi connectivity index (χ0v) is 15.2. The summed E-state index contributed by atoms with van der Waals surface area (Å²) in [5.41, 5.74) is -0.668. The second-order valence-electron chi connectivity index (χ2n) is 5.46. The van der Waals surface area contributed by atoms with E-state index in [-0.39, 0.29) is 30.6 Å². The molecule has 1 aliphatic carbocycles. The molecule has 132 valence electrons. The summed E-state index contributed by atoms with van der Waals surface area (Å²) in [5.74, 6) is -0.990. The van der Waals surface area contributed by atoms with Gasteiger partial charge in [0.15, 0.2) is 3.92 Å². The Morgan fingerprint density at radius 2 is 2.24 bits per heavy atom. The molecule has 0 saturated heterocycles. The van der Waals surface area contributed by atoms with Crippen LogP contribution < -0.4 is 10.6 Å². The predicted molar refractivity (Wildman–Crippen MR) is 91.1 cm³/mol. The van der Waals surface area contributed by atoms with Gasteiger partial charge in [-0.15, -0.1) is 11.3 Å². The van der Waals surface area contributed by atoms with Crippen LogP contribution in [0.3, 0.4) is 0 Å². The van der Waals surface area contributed by atoms with Gasteiger partial charge in [-0.25, -0.2) is 9.55 Å². The topological polar surface area (TPSA) is 132 Å². The molecule has 2 aromatic heterocycles. The first kappa shape index (κ1) is 17.5. The van der Waals surface area contributed by atoms with E-state index in [0.29, 0.717) is 16.8 Å². The van der Waals surface area contributed by atoms with E-state index in [1.165, 1.54) is 28.3 Å². The quantitative estimate of drug-likeness (QED) is 0.500. The van der Waals surface area contributed by atoms with Gasteiger partial charge >= 0.3 is 5.95 Å². The van der Waals surface area contributed by atoms with E-state index < -0.39 is 16.4 Å². The molecule has 12 heteroatoms. The minimum Gasteiger partial charge on any atom is -0.390 e. The maximum Gasteiger partial charge on any atom is 0.434 e. The molecular weight excluding hydrogens is 416 g/mol. The van der Waals surface area contributed by atoms with Crippen LogP contribution in [0.2, 0.25) is 0 Å². The van der Waals surface area contributed by atoms with Crippen molar-refractivity contribution in [1.29, 1.82) is 0 Å². The van der Waals surface area contributed by atoms with Crippen molar-refractivity contribution in [2.24, 2.45) is 0 Å². The van der Waals surface area contributed by atoms with Crippen molar-refractivity contribution in [3.63, 3.8) is 0 Å². The molecule has 0 spiro atoms. The Morgan fingerprint density at radius 3 is 2.84 bits per heavy atom. The third kappa shape index (κ3) is 3.85. The number of nitro groups is 1. The first-order valence-corrected chi connectivity index (χ1v) is 8.96. The second-order valence-corrected chi connectivity index (χ2v) is 7.59. The van der Waals surface area contributed by atoms with Crippen molar-refractivity contribution in [3.05, 3.63) is 37.5 Å². The number of nitrogens with one attached hydrogen (secondary N) is 2. The molecule has 0 unspecified atom stereocenters. The van der Waals surface area contributed by atoms with Crippen molar-refractivity contribution >= 4 is 45.0 Å². The first-order valence-electron chi connectivity index (χ1n) is 7.29. The molecule has 0 radical (unpaired) electrons. The summed E-state index contributed by atoms with van der Waals surface area (Å²) in [6.45, 7) is 0.404. The summed E-state index contributed by atoms with van der Waals surface area (Å²) >= 11 is 4.47. The molecule has 3 rings (SSSR count). The molecule has 2 amide bonds. The highest BCUT2D eigenvalue weighted by Crippen LogP contribution is 2.36. The molecule has 1 fully saturated rings. The van der Waals surface area contributed by atoms with Crippen LogP contribution in [0.5, 0.6) is 0 Å². The van der Waals surface area contributed by atoms with Crippen LogP contribution >= 0.6 is 27.3 Å². The third-order valence-corrected chi connectivity index (χ3v) is 5.11. The van der Waals surface area contributed by atoms with Crippen molar-refractivity contribution in [2.75, 3.05) is 6.54 Å². The summed E-state index contributed by atoms with van der Waals surface area (Å²) in [5, 5.41) is 17.8. The third-order valence-electron chi connectivity index (χ3n) is 3.74. The van der Waals surface area contributed by atoms with Gasteiger partial charge in [-0.2, -0.15) is 0 Å². The Balaban J connectivity index is 1.53. The standard InChI is InChI=1S/C13H13BrN6O4S/c14-11-17-8(7-25-11)9(21)18-13(1-2-13)10(22)15-3-5-19-6-4-16-12(19)20(23)24/h4,6-7H,1-3,5H2,(H,15,22)(H,18,21). The summed E-state index contributed by atoms with van der Waals surface area (Å²) in [6, 6.07) is 0. The molecule has 1 saturated carbocycles. The Morgan fingerprint density at radius 1 is 1.48 bits per heavy atom. The Labute approximate surface area is 153 Å². The fraction of sp³-hybridized carbons (Fsp3) is 0.385. The summed E-state index contributed by atoms with van der Waals surface area (Å²) in [6.07, 6.45) is 3.88. The number of carbonyl (C=O) groups is 2. The van der Waals surface area contributed by atoms with E-state index in [9.17, 15) is 19.7 Å². The van der Waals surface area contributed by atoms with Gasteiger partial charge < -0.3 is 20.7 Å². The lowest BCUT2D eigenvalue weighted by atomic mass is 10.2. The van der Waals surface area contributed by atoms with Gasteiger partial charge in [0, 0.05) is 11.9 Å². The molecule has 2 aromatic rings. The molecule has 2 heterocycles. The summed E-state index contributed by atoms with van der Waals surface area (Å²) < 4.78 is 1.93. The van der Waals surface area contributed by atoms with Crippen LogP contribution in [0.15, 0.2) is 21.7 Å².